The molecule has 1 saturated carbocycles. The summed E-state index contributed by atoms with van der Waals surface area (Å²) in [5.74, 6) is -1.24. The van der Waals surface area contributed by atoms with Crippen LogP contribution in [0.3, 0.4) is 0 Å². The summed E-state index contributed by atoms with van der Waals surface area (Å²) in [7, 11) is 0. The van der Waals surface area contributed by atoms with E-state index < -0.39 is 12.0 Å². The van der Waals surface area contributed by atoms with Gasteiger partial charge in [0.15, 0.2) is 0 Å². The Hall–Kier alpha value is -1.65. The maximum absolute atomic E-state index is 12.2. The molecule has 1 fully saturated rings. The molecule has 0 radical (unpaired) electrons. The van der Waals surface area contributed by atoms with E-state index in [1.807, 2.05) is 32.9 Å². The molecule has 5 heteroatoms. The van der Waals surface area contributed by atoms with Gasteiger partial charge in [-0.2, -0.15) is 0 Å². The summed E-state index contributed by atoms with van der Waals surface area (Å²) in [6.07, 6.45) is 7.82. The van der Waals surface area contributed by atoms with Crippen molar-refractivity contribution in [2.45, 2.75) is 65.3 Å². The van der Waals surface area contributed by atoms with Gasteiger partial charge in [0.05, 0.1) is 0 Å². The van der Waals surface area contributed by atoms with Crippen molar-refractivity contribution in [3.63, 3.8) is 0 Å². The first-order chi connectivity index (χ1) is 10.9. The Bertz CT molecular complexity index is 458. The Balaban J connectivity index is 2.62. The van der Waals surface area contributed by atoms with Crippen LogP contribution in [0.2, 0.25) is 0 Å². The van der Waals surface area contributed by atoms with Gasteiger partial charge in [0.25, 0.3) is 0 Å². The molecule has 0 aromatic carbocycles. The zero-order chi connectivity index (χ0) is 17.4. The fourth-order valence-electron chi connectivity index (χ4n) is 3.11. The van der Waals surface area contributed by atoms with Crippen LogP contribution in [-0.2, 0) is 14.4 Å². The molecule has 0 bridgehead atoms. The van der Waals surface area contributed by atoms with E-state index >= 15 is 0 Å². The van der Waals surface area contributed by atoms with Crippen molar-refractivity contribution in [2.75, 3.05) is 0 Å². The van der Waals surface area contributed by atoms with Crippen molar-refractivity contribution < 1.29 is 19.5 Å². The lowest BCUT2D eigenvalue weighted by atomic mass is 9.89. The third-order valence-corrected chi connectivity index (χ3v) is 4.78. The van der Waals surface area contributed by atoms with Gasteiger partial charge < -0.3 is 10.4 Å². The van der Waals surface area contributed by atoms with E-state index in [0.29, 0.717) is 19.3 Å². The van der Waals surface area contributed by atoms with Gasteiger partial charge in [-0.05, 0) is 31.1 Å². The summed E-state index contributed by atoms with van der Waals surface area (Å²) in [6.45, 7) is 5.76. The molecule has 130 valence electrons. The normalized spacial score (nSPS) is 23.9. The Morgan fingerprint density at radius 1 is 1.35 bits per heavy atom. The van der Waals surface area contributed by atoms with Crippen molar-refractivity contribution in [3.8, 4) is 0 Å². The third-order valence-electron chi connectivity index (χ3n) is 4.78. The van der Waals surface area contributed by atoms with Crippen molar-refractivity contribution in [2.24, 2.45) is 17.8 Å². The van der Waals surface area contributed by atoms with Gasteiger partial charge >= 0.3 is 5.97 Å². The zero-order valence-corrected chi connectivity index (χ0v) is 14.4. The Labute approximate surface area is 138 Å². The predicted molar refractivity (Wildman–Crippen MR) is 88.9 cm³/mol. The molecule has 1 amide bonds. The first-order valence-electron chi connectivity index (χ1n) is 8.60. The van der Waals surface area contributed by atoms with Gasteiger partial charge in [0.1, 0.15) is 11.8 Å². The molecule has 0 saturated heterocycles. The monoisotopic (exact) mass is 323 g/mol. The largest absolute Gasteiger partial charge is 0.480 e. The summed E-state index contributed by atoms with van der Waals surface area (Å²) in [6, 6.07) is -0.858. The first-order valence-corrected chi connectivity index (χ1v) is 8.60. The second-order valence-corrected chi connectivity index (χ2v) is 6.46. The molecule has 0 heterocycles. The SMILES string of the molecule is CC/C=C\C[C@H]1C(=O)CC[C@@H]1CC(=O)N[C@@H](C(=O)O)[C@@H](C)CC. The fourth-order valence-corrected chi connectivity index (χ4v) is 3.11. The lowest BCUT2D eigenvalue weighted by Gasteiger charge is -2.22. The minimum Gasteiger partial charge on any atom is -0.480 e. The van der Waals surface area contributed by atoms with Crippen LogP contribution in [0.5, 0.6) is 0 Å². The minimum atomic E-state index is -1.00. The van der Waals surface area contributed by atoms with E-state index in [1.54, 1.807) is 0 Å². The third kappa shape index (κ3) is 5.81. The Morgan fingerprint density at radius 2 is 2.04 bits per heavy atom. The fraction of sp³-hybridized carbons (Fsp3) is 0.722. The highest BCUT2D eigenvalue weighted by atomic mass is 16.4. The van der Waals surface area contributed by atoms with Crippen LogP contribution < -0.4 is 5.32 Å². The number of rotatable bonds is 9. The molecule has 1 aliphatic rings. The van der Waals surface area contributed by atoms with Crippen molar-refractivity contribution in [1.29, 1.82) is 0 Å². The zero-order valence-electron chi connectivity index (χ0n) is 14.4. The average Bonchev–Trinajstić information content (AvgIpc) is 2.84. The average molecular weight is 323 g/mol. The van der Waals surface area contributed by atoms with E-state index in [9.17, 15) is 19.5 Å². The standard InChI is InChI=1S/C18H29NO4/c1-4-6-7-8-14-13(9-10-15(14)20)11-16(21)19-17(18(22)23)12(3)5-2/h6-7,12-14,17H,4-5,8-11H2,1-3H3,(H,19,21)(H,22,23)/b7-6-/t12-,13+,14+,17+/m0/s1. The molecule has 0 aliphatic heterocycles. The molecule has 4 atom stereocenters. The number of carboxylic acids is 1. The molecular formula is C18H29NO4. The van der Waals surface area contributed by atoms with Crippen LogP contribution in [-0.4, -0.2) is 28.8 Å². The maximum Gasteiger partial charge on any atom is 0.326 e. The Morgan fingerprint density at radius 3 is 2.61 bits per heavy atom. The van der Waals surface area contributed by atoms with E-state index in [2.05, 4.69) is 5.32 Å². The van der Waals surface area contributed by atoms with E-state index in [0.717, 1.165) is 12.8 Å². The number of hydrogen-bond acceptors (Lipinski definition) is 3. The van der Waals surface area contributed by atoms with Crippen molar-refractivity contribution >= 4 is 17.7 Å². The van der Waals surface area contributed by atoms with E-state index in [4.69, 9.17) is 0 Å². The van der Waals surface area contributed by atoms with Crippen LogP contribution in [0.15, 0.2) is 12.2 Å². The minimum absolute atomic E-state index is 0.0235. The molecule has 23 heavy (non-hydrogen) atoms. The molecular weight excluding hydrogens is 294 g/mol. The van der Waals surface area contributed by atoms with E-state index in [-0.39, 0.29) is 35.9 Å². The van der Waals surface area contributed by atoms with Gasteiger partial charge in [0, 0.05) is 18.8 Å². The van der Waals surface area contributed by atoms with Gasteiger partial charge in [-0.1, -0.05) is 39.3 Å². The number of hydrogen-bond donors (Lipinski definition) is 2. The molecule has 0 aromatic rings. The smallest absolute Gasteiger partial charge is 0.326 e. The molecule has 1 rings (SSSR count). The molecule has 2 N–H and O–H groups in total. The number of allylic oxidation sites excluding steroid dienone is 2. The second-order valence-electron chi connectivity index (χ2n) is 6.46. The molecule has 0 spiro atoms. The van der Waals surface area contributed by atoms with Crippen molar-refractivity contribution in [3.05, 3.63) is 12.2 Å². The quantitative estimate of drug-likeness (QED) is 0.639. The highest BCUT2D eigenvalue weighted by Crippen LogP contribution is 2.34. The number of carboxylic acid groups (broad SMARTS) is 1. The number of ketones is 1. The first kappa shape index (κ1) is 19.4. The van der Waals surface area contributed by atoms with Gasteiger partial charge in [-0.3, -0.25) is 9.59 Å². The number of carbonyl (C=O) groups excluding carboxylic acids is 2. The van der Waals surface area contributed by atoms with Crippen LogP contribution >= 0.6 is 0 Å². The summed E-state index contributed by atoms with van der Waals surface area (Å²) in [5.41, 5.74) is 0. The summed E-state index contributed by atoms with van der Waals surface area (Å²) in [5, 5.41) is 11.9. The van der Waals surface area contributed by atoms with Crippen molar-refractivity contribution in [1.82, 2.24) is 5.32 Å². The molecule has 0 aromatic heterocycles. The Kier molecular flexibility index (Phi) is 8.00. The predicted octanol–water partition coefficient (Wildman–Crippen LogP) is 2.94. The molecule has 5 nitrogen and oxygen atoms in total. The number of carbonyl (C=O) groups is 3. The topological polar surface area (TPSA) is 83.5 Å². The number of aliphatic carboxylic acids is 1. The highest BCUT2D eigenvalue weighted by molar-refractivity contribution is 5.87. The lowest BCUT2D eigenvalue weighted by molar-refractivity contribution is -0.143. The molecule has 1 aliphatic carbocycles. The van der Waals surface area contributed by atoms with E-state index in [1.165, 1.54) is 0 Å². The summed E-state index contributed by atoms with van der Waals surface area (Å²) in [4.78, 5) is 35.5. The maximum atomic E-state index is 12.2. The number of Topliss-reactive ketones (excluding diaryl/α,β-unsaturated/α-hetero) is 1. The summed E-state index contributed by atoms with van der Waals surface area (Å²) < 4.78 is 0. The summed E-state index contributed by atoms with van der Waals surface area (Å²) >= 11 is 0. The van der Waals surface area contributed by atoms with Gasteiger partial charge in [-0.15, -0.1) is 0 Å². The van der Waals surface area contributed by atoms with Crippen LogP contribution in [0.4, 0.5) is 0 Å². The number of nitrogens with one attached hydrogen (secondary N) is 1. The van der Waals surface area contributed by atoms with Crippen LogP contribution in [0.25, 0.3) is 0 Å². The van der Waals surface area contributed by atoms with Crippen LogP contribution in [0, 0.1) is 17.8 Å². The van der Waals surface area contributed by atoms with Gasteiger partial charge in [0.2, 0.25) is 5.91 Å². The highest BCUT2D eigenvalue weighted by Gasteiger charge is 2.35. The van der Waals surface area contributed by atoms with Gasteiger partial charge in [-0.25, -0.2) is 4.79 Å². The second kappa shape index (κ2) is 9.48. The van der Waals surface area contributed by atoms with Crippen LogP contribution in [0.1, 0.15) is 59.3 Å². The lowest BCUT2D eigenvalue weighted by Crippen LogP contribution is -2.45. The number of amides is 1. The molecule has 0 unspecified atom stereocenters.